The molecule has 0 atom stereocenters. The minimum atomic E-state index is -0.550. The van der Waals surface area contributed by atoms with Gasteiger partial charge >= 0.3 is 0 Å². The van der Waals surface area contributed by atoms with E-state index in [4.69, 9.17) is 0 Å². The molecule has 6 nitrogen and oxygen atoms in total. The van der Waals surface area contributed by atoms with Crippen molar-refractivity contribution in [3.05, 3.63) is 57.6 Å². The number of hydrogen-bond acceptors (Lipinski definition) is 5. The Morgan fingerprint density at radius 2 is 1.90 bits per heavy atom. The van der Waals surface area contributed by atoms with Crippen LogP contribution in [0.2, 0.25) is 0 Å². The quantitative estimate of drug-likeness (QED) is 0.512. The molecule has 0 saturated heterocycles. The van der Waals surface area contributed by atoms with Crippen molar-refractivity contribution < 1.29 is 15.1 Å². The van der Waals surface area contributed by atoms with Crippen LogP contribution in [0, 0.1) is 10.1 Å². The van der Waals surface area contributed by atoms with Crippen LogP contribution in [0.4, 0.5) is 11.4 Å². The highest BCUT2D eigenvalue weighted by atomic mass is 16.6. The summed E-state index contributed by atoms with van der Waals surface area (Å²) in [6.45, 7) is 1.98. The van der Waals surface area contributed by atoms with Crippen molar-refractivity contribution in [1.82, 2.24) is 0 Å². The number of nitro groups is 1. The summed E-state index contributed by atoms with van der Waals surface area (Å²) in [5.41, 5.74) is 1.43. The minimum absolute atomic E-state index is 0.00775. The van der Waals surface area contributed by atoms with Gasteiger partial charge in [-0.2, -0.15) is 0 Å². The number of benzene rings is 2. The molecule has 2 rings (SSSR count). The number of rotatable bonds is 4. The van der Waals surface area contributed by atoms with Gasteiger partial charge in [-0.05, 0) is 30.2 Å². The van der Waals surface area contributed by atoms with Crippen LogP contribution in [0.3, 0.4) is 0 Å². The number of hydrogen-bond donors (Lipinski definition) is 2. The molecule has 2 aromatic carbocycles. The van der Waals surface area contributed by atoms with Crippen molar-refractivity contribution in [1.29, 1.82) is 0 Å². The van der Waals surface area contributed by atoms with Crippen molar-refractivity contribution in [3.63, 3.8) is 0 Å². The minimum Gasteiger partial charge on any atom is -0.507 e. The number of aromatic hydroxyl groups is 2. The van der Waals surface area contributed by atoms with E-state index in [0.29, 0.717) is 5.69 Å². The zero-order valence-electron chi connectivity index (χ0n) is 11.4. The molecular weight excluding hydrogens is 272 g/mol. The second-order valence-electron chi connectivity index (χ2n) is 4.44. The zero-order chi connectivity index (χ0) is 15.4. The molecule has 6 heteroatoms. The van der Waals surface area contributed by atoms with E-state index in [1.54, 1.807) is 18.2 Å². The standard InChI is InChI=1S/C15H14N2O4/c1-2-10-3-5-15(19)13(7-10)16-9-11-8-12(17(20)21)4-6-14(11)18/h3-9,18-19H,2H2,1H3. The van der Waals surface area contributed by atoms with Crippen molar-refractivity contribution >= 4 is 17.6 Å². The number of phenols is 2. The lowest BCUT2D eigenvalue weighted by atomic mass is 10.1. The molecule has 0 radical (unpaired) electrons. The highest BCUT2D eigenvalue weighted by Crippen LogP contribution is 2.28. The molecule has 2 aromatic rings. The molecule has 0 aromatic heterocycles. The third kappa shape index (κ3) is 3.36. The molecule has 0 aliphatic carbocycles. The van der Waals surface area contributed by atoms with Gasteiger partial charge in [0.2, 0.25) is 0 Å². The van der Waals surface area contributed by atoms with Gasteiger partial charge in [-0.15, -0.1) is 0 Å². The SMILES string of the molecule is CCc1ccc(O)c(N=Cc2cc([N+](=O)[O-])ccc2O)c1. The van der Waals surface area contributed by atoms with Crippen molar-refractivity contribution in [2.24, 2.45) is 4.99 Å². The molecule has 0 bridgehead atoms. The Morgan fingerprint density at radius 1 is 1.19 bits per heavy atom. The van der Waals surface area contributed by atoms with Crippen LogP contribution >= 0.6 is 0 Å². The van der Waals surface area contributed by atoms with Gasteiger partial charge in [0.1, 0.15) is 17.2 Å². The maximum atomic E-state index is 10.7. The predicted molar refractivity (Wildman–Crippen MR) is 79.5 cm³/mol. The monoisotopic (exact) mass is 286 g/mol. The molecule has 0 amide bonds. The maximum Gasteiger partial charge on any atom is 0.270 e. The normalized spacial score (nSPS) is 10.9. The lowest BCUT2D eigenvalue weighted by Gasteiger charge is -2.02. The molecule has 0 aliphatic heterocycles. The molecule has 108 valence electrons. The fourth-order valence-corrected chi connectivity index (χ4v) is 1.79. The van der Waals surface area contributed by atoms with Gasteiger partial charge in [-0.1, -0.05) is 13.0 Å². The van der Waals surface area contributed by atoms with Crippen LogP contribution in [0.5, 0.6) is 11.5 Å². The number of phenolic OH excluding ortho intramolecular Hbond substituents is 2. The van der Waals surface area contributed by atoms with Crippen LogP contribution in [0.25, 0.3) is 0 Å². The Morgan fingerprint density at radius 3 is 2.57 bits per heavy atom. The fraction of sp³-hybridized carbons (Fsp3) is 0.133. The Bertz CT molecular complexity index is 711. The topological polar surface area (TPSA) is 96.0 Å². The Labute approximate surface area is 121 Å². The summed E-state index contributed by atoms with van der Waals surface area (Å²) in [6, 6.07) is 8.72. The molecule has 0 aliphatic rings. The molecule has 21 heavy (non-hydrogen) atoms. The average molecular weight is 286 g/mol. The van der Waals surface area contributed by atoms with Crippen molar-refractivity contribution in [2.45, 2.75) is 13.3 Å². The first-order valence-electron chi connectivity index (χ1n) is 6.34. The number of non-ortho nitro benzene ring substituents is 1. The Balaban J connectivity index is 2.37. The highest BCUT2D eigenvalue weighted by Gasteiger charge is 2.09. The second-order valence-corrected chi connectivity index (χ2v) is 4.44. The van der Waals surface area contributed by atoms with E-state index >= 15 is 0 Å². The largest absolute Gasteiger partial charge is 0.507 e. The first kappa shape index (κ1) is 14.5. The van der Waals surface area contributed by atoms with Crippen LogP contribution in [0.1, 0.15) is 18.1 Å². The summed E-state index contributed by atoms with van der Waals surface area (Å²) in [5.74, 6) is -0.108. The van der Waals surface area contributed by atoms with E-state index in [0.717, 1.165) is 12.0 Å². The van der Waals surface area contributed by atoms with Gasteiger partial charge in [0.25, 0.3) is 5.69 Å². The molecule has 0 fully saturated rings. The molecule has 0 unspecified atom stereocenters. The van der Waals surface area contributed by atoms with E-state index < -0.39 is 4.92 Å². The predicted octanol–water partition coefficient (Wildman–Crippen LogP) is 3.32. The van der Waals surface area contributed by atoms with Crippen LogP contribution in [-0.2, 0) is 6.42 Å². The summed E-state index contributed by atoms with van der Waals surface area (Å²) in [4.78, 5) is 14.3. The summed E-state index contributed by atoms with van der Waals surface area (Å²) in [6.07, 6.45) is 2.09. The number of nitro benzene ring substituents is 1. The van der Waals surface area contributed by atoms with Crippen molar-refractivity contribution in [2.75, 3.05) is 0 Å². The van der Waals surface area contributed by atoms with E-state index in [-0.39, 0.29) is 22.7 Å². The first-order chi connectivity index (χ1) is 10.0. The summed E-state index contributed by atoms with van der Waals surface area (Å²) < 4.78 is 0. The molecular formula is C15H14N2O4. The lowest BCUT2D eigenvalue weighted by molar-refractivity contribution is -0.384. The first-order valence-corrected chi connectivity index (χ1v) is 6.34. The lowest BCUT2D eigenvalue weighted by Crippen LogP contribution is -1.90. The smallest absolute Gasteiger partial charge is 0.270 e. The summed E-state index contributed by atoms with van der Waals surface area (Å²) in [5, 5.41) is 30.1. The van der Waals surface area contributed by atoms with Crippen molar-refractivity contribution in [3.8, 4) is 11.5 Å². The molecule has 0 saturated carbocycles. The van der Waals surface area contributed by atoms with E-state index in [9.17, 15) is 20.3 Å². The molecule has 0 heterocycles. The van der Waals surface area contributed by atoms with E-state index in [2.05, 4.69) is 4.99 Å². The van der Waals surface area contributed by atoms with Gasteiger partial charge in [0, 0.05) is 23.9 Å². The third-order valence-corrected chi connectivity index (χ3v) is 3.01. The summed E-state index contributed by atoms with van der Waals surface area (Å²) in [7, 11) is 0. The second kappa shape index (κ2) is 6.04. The van der Waals surface area contributed by atoms with Gasteiger partial charge in [0.15, 0.2) is 0 Å². The maximum absolute atomic E-state index is 10.7. The molecule has 0 spiro atoms. The zero-order valence-corrected chi connectivity index (χ0v) is 11.4. The highest BCUT2D eigenvalue weighted by molar-refractivity contribution is 5.86. The fourth-order valence-electron chi connectivity index (χ4n) is 1.79. The summed E-state index contributed by atoms with van der Waals surface area (Å²) >= 11 is 0. The van der Waals surface area contributed by atoms with Gasteiger partial charge < -0.3 is 10.2 Å². The van der Waals surface area contributed by atoms with Gasteiger partial charge in [0.05, 0.1) is 4.92 Å². The number of aliphatic imine (C=N–C) groups is 1. The molecule has 2 N–H and O–H groups in total. The third-order valence-electron chi connectivity index (χ3n) is 3.01. The van der Waals surface area contributed by atoms with E-state index in [1.807, 2.05) is 6.92 Å². The van der Waals surface area contributed by atoms with Gasteiger partial charge in [-0.3, -0.25) is 15.1 Å². The number of nitrogens with zero attached hydrogens (tertiary/aromatic N) is 2. The number of aryl methyl sites for hydroxylation is 1. The van der Waals surface area contributed by atoms with Crippen LogP contribution in [0.15, 0.2) is 41.4 Å². The van der Waals surface area contributed by atoms with Crippen LogP contribution in [-0.4, -0.2) is 21.4 Å². The Hall–Kier alpha value is -2.89. The average Bonchev–Trinajstić information content (AvgIpc) is 2.47. The van der Waals surface area contributed by atoms with Crippen LogP contribution < -0.4 is 0 Å². The Kier molecular flexibility index (Phi) is 4.18. The van der Waals surface area contributed by atoms with E-state index in [1.165, 1.54) is 24.4 Å². The van der Waals surface area contributed by atoms with Gasteiger partial charge in [-0.25, -0.2) is 0 Å².